The highest BCUT2D eigenvalue weighted by molar-refractivity contribution is 9.10. The van der Waals surface area contributed by atoms with Crippen molar-refractivity contribution in [2.24, 2.45) is 5.73 Å². The second-order valence-electron chi connectivity index (χ2n) is 4.20. The first-order valence-electron chi connectivity index (χ1n) is 5.85. The summed E-state index contributed by atoms with van der Waals surface area (Å²) in [7, 11) is 0. The Balaban J connectivity index is 2.01. The average molecular weight is 326 g/mol. The Hall–Kier alpha value is -0.840. The number of nitrogens with two attached hydrogens (primary N) is 1. The third-order valence-corrected chi connectivity index (χ3v) is 3.92. The maximum Gasteiger partial charge on any atom is 0.125 e. The van der Waals surface area contributed by atoms with E-state index in [9.17, 15) is 0 Å². The predicted molar refractivity (Wildman–Crippen MR) is 80.3 cm³/mol. The van der Waals surface area contributed by atoms with Gasteiger partial charge in [-0.3, -0.25) is 0 Å². The van der Waals surface area contributed by atoms with Crippen LogP contribution < -0.4 is 10.5 Å². The molecule has 0 aliphatic rings. The van der Waals surface area contributed by atoms with Crippen LogP contribution in [0.4, 0.5) is 0 Å². The molecule has 0 amide bonds. The number of halogens is 1. The van der Waals surface area contributed by atoms with E-state index in [2.05, 4.69) is 32.8 Å². The van der Waals surface area contributed by atoms with E-state index in [0.717, 1.165) is 22.2 Å². The molecule has 2 rings (SSSR count). The Labute approximate surface area is 120 Å². The van der Waals surface area contributed by atoms with Crippen LogP contribution in [0.15, 0.2) is 39.5 Å². The minimum atomic E-state index is -0.0192. The van der Waals surface area contributed by atoms with Crippen molar-refractivity contribution in [3.63, 3.8) is 0 Å². The molecule has 0 aliphatic heterocycles. The molecule has 96 valence electrons. The van der Waals surface area contributed by atoms with Crippen molar-refractivity contribution in [2.45, 2.75) is 19.4 Å². The smallest absolute Gasteiger partial charge is 0.125 e. The summed E-state index contributed by atoms with van der Waals surface area (Å²) in [5.41, 5.74) is 8.30. The minimum absolute atomic E-state index is 0.0192. The van der Waals surface area contributed by atoms with E-state index >= 15 is 0 Å². The zero-order chi connectivity index (χ0) is 13.0. The van der Waals surface area contributed by atoms with E-state index in [1.54, 1.807) is 11.3 Å². The molecule has 2 nitrogen and oxygen atoms in total. The lowest BCUT2D eigenvalue weighted by atomic mass is 10.1. The van der Waals surface area contributed by atoms with Gasteiger partial charge < -0.3 is 10.5 Å². The Morgan fingerprint density at radius 1 is 1.39 bits per heavy atom. The van der Waals surface area contributed by atoms with Crippen molar-refractivity contribution in [2.75, 3.05) is 6.61 Å². The number of ether oxygens (including phenoxy) is 1. The number of thiophene rings is 1. The summed E-state index contributed by atoms with van der Waals surface area (Å²) in [6.07, 6.45) is 0.925. The molecule has 2 N–H and O–H groups in total. The number of benzene rings is 1. The lowest BCUT2D eigenvalue weighted by Gasteiger charge is -2.14. The summed E-state index contributed by atoms with van der Waals surface area (Å²) in [5.74, 6) is 0.870. The molecule has 0 fully saturated rings. The molecule has 18 heavy (non-hydrogen) atoms. The summed E-state index contributed by atoms with van der Waals surface area (Å²) in [6, 6.07) is 8.08. The molecule has 1 heterocycles. The summed E-state index contributed by atoms with van der Waals surface area (Å²) >= 11 is 5.17. The van der Waals surface area contributed by atoms with Gasteiger partial charge >= 0.3 is 0 Å². The highest BCUT2D eigenvalue weighted by Crippen LogP contribution is 2.27. The van der Waals surface area contributed by atoms with Crippen LogP contribution in [0.2, 0.25) is 0 Å². The molecule has 4 heteroatoms. The van der Waals surface area contributed by atoms with Crippen LogP contribution in [0.25, 0.3) is 0 Å². The van der Waals surface area contributed by atoms with E-state index in [1.165, 1.54) is 5.56 Å². The van der Waals surface area contributed by atoms with E-state index < -0.39 is 0 Å². The first kappa shape index (κ1) is 13.6. The third kappa shape index (κ3) is 3.57. The zero-order valence-electron chi connectivity index (χ0n) is 10.2. The maximum atomic E-state index is 5.94. The van der Waals surface area contributed by atoms with Gasteiger partial charge in [-0.1, -0.05) is 22.0 Å². The van der Waals surface area contributed by atoms with Crippen molar-refractivity contribution in [1.82, 2.24) is 0 Å². The first-order valence-corrected chi connectivity index (χ1v) is 7.59. The molecule has 1 aromatic heterocycles. The van der Waals surface area contributed by atoms with Gasteiger partial charge in [0.05, 0.1) is 6.61 Å². The summed E-state index contributed by atoms with van der Waals surface area (Å²) < 4.78 is 6.86. The zero-order valence-corrected chi connectivity index (χ0v) is 12.6. The van der Waals surface area contributed by atoms with Crippen molar-refractivity contribution < 1.29 is 4.74 Å². The first-order chi connectivity index (χ1) is 8.66. The summed E-state index contributed by atoms with van der Waals surface area (Å²) in [4.78, 5) is 0. The molecular formula is C14H16BrNOS. The Morgan fingerprint density at radius 3 is 2.89 bits per heavy atom. The Morgan fingerprint density at radius 2 is 2.22 bits per heavy atom. The largest absolute Gasteiger partial charge is 0.493 e. The lowest BCUT2D eigenvalue weighted by molar-refractivity contribution is 0.317. The predicted octanol–water partition coefficient (Wildman–Crippen LogP) is 4.15. The van der Waals surface area contributed by atoms with Gasteiger partial charge in [-0.2, -0.15) is 11.3 Å². The quantitative estimate of drug-likeness (QED) is 0.896. The van der Waals surface area contributed by atoms with Crippen LogP contribution in [0.1, 0.15) is 24.1 Å². The van der Waals surface area contributed by atoms with Gasteiger partial charge in [0.25, 0.3) is 0 Å². The van der Waals surface area contributed by atoms with Crippen molar-refractivity contribution >= 4 is 27.3 Å². The van der Waals surface area contributed by atoms with Gasteiger partial charge in [0.15, 0.2) is 0 Å². The van der Waals surface area contributed by atoms with Crippen LogP contribution in [-0.2, 0) is 6.42 Å². The molecule has 1 atom stereocenters. The fraction of sp³-hybridized carbons (Fsp3) is 0.286. The maximum absolute atomic E-state index is 5.94. The molecule has 0 saturated carbocycles. The number of hydrogen-bond donors (Lipinski definition) is 1. The molecule has 1 aromatic carbocycles. The van der Waals surface area contributed by atoms with Gasteiger partial charge in [-0.05, 0) is 41.4 Å². The van der Waals surface area contributed by atoms with Crippen molar-refractivity contribution in [1.29, 1.82) is 0 Å². The van der Waals surface area contributed by atoms with Gasteiger partial charge in [0.2, 0.25) is 0 Å². The normalized spacial score (nSPS) is 12.4. The second-order valence-corrected chi connectivity index (χ2v) is 5.90. The lowest BCUT2D eigenvalue weighted by Crippen LogP contribution is -2.09. The van der Waals surface area contributed by atoms with Crippen LogP contribution in [0, 0.1) is 0 Å². The van der Waals surface area contributed by atoms with Crippen LogP contribution >= 0.6 is 27.3 Å². The topological polar surface area (TPSA) is 35.2 Å². The van der Waals surface area contributed by atoms with Crippen molar-refractivity contribution in [3.8, 4) is 5.75 Å². The van der Waals surface area contributed by atoms with Gasteiger partial charge in [-0.15, -0.1) is 0 Å². The Bertz CT molecular complexity index is 497. The number of hydrogen-bond acceptors (Lipinski definition) is 3. The number of rotatable bonds is 5. The molecule has 0 bridgehead atoms. The Kier molecular flexibility index (Phi) is 4.80. The van der Waals surface area contributed by atoms with E-state index in [1.807, 2.05) is 25.1 Å². The molecule has 0 spiro atoms. The highest BCUT2D eigenvalue weighted by Gasteiger charge is 2.08. The van der Waals surface area contributed by atoms with Gasteiger partial charge in [0.1, 0.15) is 5.75 Å². The molecule has 0 saturated heterocycles. The summed E-state index contributed by atoms with van der Waals surface area (Å²) in [6.45, 7) is 2.64. The summed E-state index contributed by atoms with van der Waals surface area (Å²) in [5, 5.41) is 4.23. The monoisotopic (exact) mass is 325 g/mol. The molecule has 0 radical (unpaired) electrons. The van der Waals surface area contributed by atoms with Gasteiger partial charge in [-0.25, -0.2) is 0 Å². The molecular weight excluding hydrogens is 310 g/mol. The second kappa shape index (κ2) is 6.36. The van der Waals surface area contributed by atoms with Gasteiger partial charge in [0, 0.05) is 22.5 Å². The SMILES string of the molecule is C[C@@H](N)c1ccc(Br)cc1OCCc1ccsc1. The minimum Gasteiger partial charge on any atom is -0.493 e. The molecule has 2 aromatic rings. The van der Waals surface area contributed by atoms with E-state index in [0.29, 0.717) is 6.61 Å². The molecule has 0 aliphatic carbocycles. The third-order valence-electron chi connectivity index (χ3n) is 2.69. The fourth-order valence-corrected chi connectivity index (χ4v) is 2.77. The van der Waals surface area contributed by atoms with Crippen LogP contribution in [0.5, 0.6) is 5.75 Å². The fourth-order valence-electron chi connectivity index (χ4n) is 1.72. The van der Waals surface area contributed by atoms with Crippen LogP contribution in [0.3, 0.4) is 0 Å². The van der Waals surface area contributed by atoms with Crippen LogP contribution in [-0.4, -0.2) is 6.61 Å². The standard InChI is InChI=1S/C14H16BrNOS/c1-10(16)13-3-2-12(15)8-14(13)17-6-4-11-5-7-18-9-11/h2-3,5,7-10H,4,6,16H2,1H3/t10-/m1/s1. The van der Waals surface area contributed by atoms with Crippen molar-refractivity contribution in [3.05, 3.63) is 50.6 Å². The molecule has 0 unspecified atom stereocenters. The highest BCUT2D eigenvalue weighted by atomic mass is 79.9. The average Bonchev–Trinajstić information content (AvgIpc) is 2.82. The van der Waals surface area contributed by atoms with E-state index in [-0.39, 0.29) is 6.04 Å². The van der Waals surface area contributed by atoms with E-state index in [4.69, 9.17) is 10.5 Å².